The molecule has 6 aliphatic rings. The van der Waals surface area contributed by atoms with Gasteiger partial charge in [-0.3, -0.25) is 0 Å². The van der Waals surface area contributed by atoms with Gasteiger partial charge in [0.15, 0.2) is 12.4 Å². The van der Waals surface area contributed by atoms with Gasteiger partial charge in [0.05, 0.1) is 12.7 Å². The molecule has 6 rings (SSSR count). The number of ether oxygens (including phenoxy) is 2. The molecule has 5 aliphatic carbocycles. The molecule has 18 atom stereocenters. The topological polar surface area (TPSA) is 177 Å². The molecule has 0 aromatic carbocycles. The summed E-state index contributed by atoms with van der Waals surface area (Å²) in [6.07, 6.45) is 2.42. The molecule has 1 aliphatic heterocycles. The van der Waals surface area contributed by atoms with Crippen LogP contribution in [0.4, 0.5) is 0 Å². The van der Waals surface area contributed by atoms with Crippen molar-refractivity contribution in [3.63, 3.8) is 0 Å². The molecular weight excluding hydrogens is 652 g/mol. The second-order valence-corrected chi connectivity index (χ2v) is 20.1. The predicted molar refractivity (Wildman–Crippen MR) is 191 cm³/mol. The Bertz CT molecular complexity index is 1260. The van der Waals surface area contributed by atoms with Gasteiger partial charge in [-0.1, -0.05) is 54.9 Å². The third kappa shape index (κ3) is 6.35. The van der Waals surface area contributed by atoms with Crippen LogP contribution < -0.4 is 0 Å². The number of rotatable bonds is 10. The predicted octanol–water partition coefficient (Wildman–Crippen LogP) is 4.89. The van der Waals surface area contributed by atoms with Gasteiger partial charge in [0, 0.05) is 0 Å². The highest BCUT2D eigenvalue weighted by molar-refractivity contribution is 5.73. The zero-order chi connectivity index (χ0) is 37.5. The van der Waals surface area contributed by atoms with Crippen molar-refractivity contribution in [3.8, 4) is 0 Å². The number of hydrogen-bond acceptors (Lipinski definition) is 9. The fourth-order valence-corrected chi connectivity index (χ4v) is 14.6. The highest BCUT2D eigenvalue weighted by Crippen LogP contribution is 2.78. The minimum atomic E-state index is -1.86. The number of aliphatic carboxylic acids is 1. The Labute approximate surface area is 305 Å². The van der Waals surface area contributed by atoms with Crippen LogP contribution in [0.15, 0.2) is 0 Å². The van der Waals surface area contributed by atoms with E-state index in [1.54, 1.807) is 0 Å². The molecule has 0 aromatic rings. The van der Waals surface area contributed by atoms with Crippen molar-refractivity contribution in [1.82, 2.24) is 0 Å². The highest BCUT2D eigenvalue weighted by Gasteiger charge is 2.70. The highest BCUT2D eigenvalue weighted by atomic mass is 16.7. The molecule has 51 heavy (non-hydrogen) atoms. The van der Waals surface area contributed by atoms with Crippen molar-refractivity contribution in [3.05, 3.63) is 0 Å². The molecule has 0 aromatic heterocycles. The lowest BCUT2D eigenvalue weighted by Crippen LogP contribution is -2.65. The quantitative estimate of drug-likeness (QED) is 0.164. The zero-order valence-corrected chi connectivity index (χ0v) is 32.3. The molecule has 5 saturated carbocycles. The Morgan fingerprint density at radius 1 is 0.725 bits per heavy atom. The van der Waals surface area contributed by atoms with Crippen molar-refractivity contribution in [2.24, 2.45) is 62.6 Å². The molecular formula is C41H70O10. The van der Waals surface area contributed by atoms with Gasteiger partial charge in [-0.05, 0) is 140 Å². The lowest BCUT2D eigenvalue weighted by Gasteiger charge is -2.73. The third-order valence-corrected chi connectivity index (χ3v) is 17.4. The van der Waals surface area contributed by atoms with E-state index >= 15 is 0 Å². The molecule has 1 heterocycles. The summed E-state index contributed by atoms with van der Waals surface area (Å²) in [4.78, 5) is 11.4. The van der Waals surface area contributed by atoms with Gasteiger partial charge in [-0.15, -0.1) is 0 Å². The summed E-state index contributed by atoms with van der Waals surface area (Å²) < 4.78 is 10.4. The molecule has 6 fully saturated rings. The molecule has 7 N–H and O–H groups in total. The van der Waals surface area contributed by atoms with Crippen LogP contribution in [0.5, 0.6) is 0 Å². The number of carbonyl (C=O) groups is 1. The van der Waals surface area contributed by atoms with Crippen molar-refractivity contribution < 1.29 is 50.0 Å². The van der Waals surface area contributed by atoms with Gasteiger partial charge in [-0.2, -0.15) is 0 Å². The van der Waals surface area contributed by atoms with E-state index in [-0.39, 0.29) is 0 Å². The average molecular weight is 723 g/mol. The molecule has 10 nitrogen and oxygen atoms in total. The van der Waals surface area contributed by atoms with Crippen LogP contribution >= 0.6 is 0 Å². The standard InChI is InChI=1S/C41H70O10/c1-22(9-10-25(42)30(44)26(43)21-50-36-33(47)31(45)32(46)34(51-36)35(48)49)23-13-18-38(4)24(23)14-19-40(6)28(38)11-12-29-39(5)17-8-16-37(2,3)27(39)15-20-41(29,40)7/h22-34,36,42-47H,8-21H2,1-7H3,(H,48,49)/t22-,23-,24+,25-,26+,27+,28-,29-,30-,31+,32+,33-,34+,36+,38+,39+,40-,41-/m1/s1. The Hall–Kier alpha value is -0.850. The summed E-state index contributed by atoms with van der Waals surface area (Å²) >= 11 is 0. The van der Waals surface area contributed by atoms with Crippen LogP contribution in [-0.4, -0.2) is 97.3 Å². The van der Waals surface area contributed by atoms with E-state index in [1.165, 1.54) is 70.6 Å². The van der Waals surface area contributed by atoms with Gasteiger partial charge in [0.1, 0.15) is 30.5 Å². The Balaban J connectivity index is 1.05. The first-order valence-corrected chi connectivity index (χ1v) is 20.3. The molecule has 10 heteroatoms. The van der Waals surface area contributed by atoms with E-state index in [0.717, 1.165) is 24.2 Å². The molecule has 0 spiro atoms. The summed E-state index contributed by atoms with van der Waals surface area (Å²) in [5.41, 5.74) is 1.91. The third-order valence-electron chi connectivity index (χ3n) is 17.4. The molecule has 0 bridgehead atoms. The first-order valence-electron chi connectivity index (χ1n) is 20.3. The van der Waals surface area contributed by atoms with E-state index in [2.05, 4.69) is 48.5 Å². The van der Waals surface area contributed by atoms with Gasteiger partial charge < -0.3 is 45.2 Å². The minimum absolute atomic E-state index is 0.310. The van der Waals surface area contributed by atoms with Crippen LogP contribution in [0.3, 0.4) is 0 Å². The van der Waals surface area contributed by atoms with Crippen LogP contribution in [0.2, 0.25) is 0 Å². The fraction of sp³-hybridized carbons (Fsp3) is 0.976. The number of hydrogen-bond donors (Lipinski definition) is 7. The number of carboxylic acid groups (broad SMARTS) is 1. The SMILES string of the molecule is C[C@H](CC[C@@H](O)[C@@H](O)[C@@H](O)CO[C@H]1O[C@H](C(=O)O)[C@@H](O)[C@H](O)[C@H]1O)[C@H]1CC[C@]2(C)[C@H]3CC[C@@H]4[C@@]5(C)CCCC(C)(C)[C@@H]5CC[C@@]4(C)[C@]3(C)CC[C@@H]12. The van der Waals surface area contributed by atoms with E-state index in [9.17, 15) is 40.5 Å². The summed E-state index contributed by atoms with van der Waals surface area (Å²) in [7, 11) is 0. The smallest absolute Gasteiger partial charge is 0.335 e. The fourth-order valence-electron chi connectivity index (χ4n) is 14.6. The van der Waals surface area contributed by atoms with Crippen LogP contribution in [-0.2, 0) is 14.3 Å². The molecule has 294 valence electrons. The van der Waals surface area contributed by atoms with Crippen molar-refractivity contribution in [2.45, 2.75) is 181 Å². The Morgan fingerprint density at radius 2 is 1.35 bits per heavy atom. The Morgan fingerprint density at radius 3 is 2.00 bits per heavy atom. The van der Waals surface area contributed by atoms with E-state index in [4.69, 9.17) is 9.47 Å². The van der Waals surface area contributed by atoms with Crippen LogP contribution in [0, 0.1) is 62.6 Å². The lowest BCUT2D eigenvalue weighted by atomic mass is 9.32. The number of fused-ring (bicyclic) bond motifs is 7. The first kappa shape index (κ1) is 39.8. The first-order chi connectivity index (χ1) is 23.7. The summed E-state index contributed by atoms with van der Waals surface area (Å²) in [6.45, 7) is 17.5. The van der Waals surface area contributed by atoms with Gasteiger partial charge in [0.25, 0.3) is 0 Å². The van der Waals surface area contributed by atoms with Crippen molar-refractivity contribution in [1.29, 1.82) is 0 Å². The Kier molecular flexibility index (Phi) is 11.0. The molecule has 0 amide bonds. The maximum Gasteiger partial charge on any atom is 0.335 e. The van der Waals surface area contributed by atoms with Crippen LogP contribution in [0.1, 0.15) is 132 Å². The van der Waals surface area contributed by atoms with Gasteiger partial charge >= 0.3 is 5.97 Å². The molecule has 0 radical (unpaired) electrons. The normalized spacial score (nSPS) is 50.1. The zero-order valence-electron chi connectivity index (χ0n) is 32.3. The minimum Gasteiger partial charge on any atom is -0.479 e. The second-order valence-electron chi connectivity index (χ2n) is 20.1. The van der Waals surface area contributed by atoms with Crippen molar-refractivity contribution >= 4 is 5.97 Å². The number of aliphatic hydroxyl groups excluding tert-OH is 6. The van der Waals surface area contributed by atoms with Gasteiger partial charge in [-0.25, -0.2) is 4.79 Å². The maximum atomic E-state index is 11.4. The molecule has 0 unspecified atom stereocenters. The number of aliphatic hydroxyl groups is 6. The van der Waals surface area contributed by atoms with E-state index in [0.29, 0.717) is 51.2 Å². The summed E-state index contributed by atoms with van der Waals surface area (Å²) in [6, 6.07) is 0. The maximum absolute atomic E-state index is 11.4. The summed E-state index contributed by atoms with van der Waals surface area (Å²) in [5, 5.41) is 71.6. The van der Waals surface area contributed by atoms with E-state index < -0.39 is 61.6 Å². The lowest BCUT2D eigenvalue weighted by molar-refractivity contribution is -0.299. The van der Waals surface area contributed by atoms with E-state index in [1.807, 2.05) is 0 Å². The second kappa shape index (κ2) is 14.0. The van der Waals surface area contributed by atoms with Crippen molar-refractivity contribution in [2.75, 3.05) is 6.61 Å². The van der Waals surface area contributed by atoms with Gasteiger partial charge in [0.2, 0.25) is 0 Å². The average Bonchev–Trinajstić information content (AvgIpc) is 3.41. The number of carboxylic acids is 1. The summed E-state index contributed by atoms with van der Waals surface area (Å²) in [5.74, 6) is 2.38. The van der Waals surface area contributed by atoms with Crippen LogP contribution in [0.25, 0.3) is 0 Å². The molecule has 1 saturated heterocycles. The largest absolute Gasteiger partial charge is 0.479 e. The monoisotopic (exact) mass is 722 g/mol.